The Kier molecular flexibility index (Phi) is 6.91. The van der Waals surface area contributed by atoms with Crippen LogP contribution in [0.5, 0.6) is 0 Å². The molecule has 190 valence electrons. The second kappa shape index (κ2) is 10.3. The number of nitrogens with one attached hydrogen (secondary N) is 2. The first kappa shape index (κ1) is 24.2. The summed E-state index contributed by atoms with van der Waals surface area (Å²) >= 11 is 0. The lowest BCUT2D eigenvalue weighted by atomic mass is 9.84. The van der Waals surface area contributed by atoms with E-state index in [2.05, 4.69) is 33.5 Å². The van der Waals surface area contributed by atoms with Gasteiger partial charge in [0.1, 0.15) is 17.7 Å². The van der Waals surface area contributed by atoms with E-state index in [0.29, 0.717) is 44.9 Å². The number of carboxylic acids is 1. The Morgan fingerprint density at radius 1 is 0.972 bits per heavy atom. The number of carboxylic acid groups (broad SMARTS) is 1. The molecule has 7 nitrogen and oxygen atoms in total. The van der Waals surface area contributed by atoms with Gasteiger partial charge in [-0.1, -0.05) is 18.2 Å². The minimum absolute atomic E-state index is 0.0566. The van der Waals surface area contributed by atoms with Gasteiger partial charge in [-0.3, -0.25) is 9.69 Å². The first-order chi connectivity index (χ1) is 17.4. The lowest BCUT2D eigenvalue weighted by Crippen LogP contribution is -2.52. The molecule has 9 heteroatoms. The number of aromatic amines is 1. The third-order valence-electron chi connectivity index (χ3n) is 7.62. The van der Waals surface area contributed by atoms with Crippen molar-refractivity contribution >= 4 is 28.6 Å². The highest BCUT2D eigenvalue weighted by atomic mass is 19.1. The van der Waals surface area contributed by atoms with Crippen molar-refractivity contribution in [3.8, 4) is 0 Å². The van der Waals surface area contributed by atoms with Crippen LogP contribution in [0, 0.1) is 17.6 Å². The summed E-state index contributed by atoms with van der Waals surface area (Å²) in [4.78, 5) is 31.9. The topological polar surface area (TPSA) is 88.7 Å². The van der Waals surface area contributed by atoms with Gasteiger partial charge in [-0.05, 0) is 74.4 Å². The molecule has 2 fully saturated rings. The summed E-state index contributed by atoms with van der Waals surface area (Å²) in [5.41, 5.74) is 2.48. The predicted molar refractivity (Wildman–Crippen MR) is 133 cm³/mol. The number of rotatable bonds is 5. The van der Waals surface area contributed by atoms with Gasteiger partial charge in [0.05, 0.1) is 0 Å². The minimum Gasteiger partial charge on any atom is -0.480 e. The van der Waals surface area contributed by atoms with E-state index in [4.69, 9.17) is 0 Å². The zero-order valence-electron chi connectivity index (χ0n) is 19.9. The maximum absolute atomic E-state index is 13.4. The van der Waals surface area contributed by atoms with Gasteiger partial charge >= 0.3 is 12.0 Å². The Labute approximate surface area is 208 Å². The summed E-state index contributed by atoms with van der Waals surface area (Å²) in [7, 11) is 0. The Balaban J connectivity index is 1.17. The van der Waals surface area contributed by atoms with Crippen LogP contribution in [0.4, 0.5) is 19.3 Å². The molecule has 36 heavy (non-hydrogen) atoms. The lowest BCUT2D eigenvalue weighted by molar-refractivity contribution is -0.146. The number of amides is 2. The van der Waals surface area contributed by atoms with Crippen LogP contribution in [0.2, 0.25) is 0 Å². The zero-order valence-corrected chi connectivity index (χ0v) is 19.9. The van der Waals surface area contributed by atoms with Crippen LogP contribution in [-0.2, 0) is 4.79 Å². The first-order valence-electron chi connectivity index (χ1n) is 12.4. The number of carbonyl (C=O) groups excluding carboxylic acids is 1. The highest BCUT2D eigenvalue weighted by molar-refractivity contribution is 5.89. The smallest absolute Gasteiger partial charge is 0.321 e. The van der Waals surface area contributed by atoms with Gasteiger partial charge in [0.25, 0.3) is 0 Å². The van der Waals surface area contributed by atoms with Gasteiger partial charge in [0, 0.05) is 41.9 Å². The number of halogens is 2. The SMILES string of the molecule is O=C(O)C(C1CCN(C(=O)Nc2cc(F)cc(F)c2)CC1)N1CCC(c2c[nH]c3ccccc23)CC1. The largest absolute Gasteiger partial charge is 0.480 e. The highest BCUT2D eigenvalue weighted by Gasteiger charge is 2.38. The number of piperidine rings is 2. The normalized spacial score (nSPS) is 18.9. The number of anilines is 1. The molecule has 2 amide bonds. The van der Waals surface area contributed by atoms with Gasteiger partial charge in [0.2, 0.25) is 0 Å². The van der Waals surface area contributed by atoms with E-state index in [1.165, 1.54) is 10.9 Å². The molecule has 1 atom stereocenters. The molecule has 0 bridgehead atoms. The van der Waals surface area contributed by atoms with Crippen LogP contribution in [0.1, 0.15) is 37.2 Å². The first-order valence-corrected chi connectivity index (χ1v) is 12.4. The Hall–Kier alpha value is -3.46. The summed E-state index contributed by atoms with van der Waals surface area (Å²) in [6.45, 7) is 2.22. The molecule has 3 aromatic rings. The van der Waals surface area contributed by atoms with Gasteiger partial charge in [-0.2, -0.15) is 0 Å². The fourth-order valence-electron chi connectivity index (χ4n) is 5.82. The second-order valence-corrected chi connectivity index (χ2v) is 9.80. The van der Waals surface area contributed by atoms with Gasteiger partial charge < -0.3 is 20.3 Å². The number of nitrogens with zero attached hydrogens (tertiary/aromatic N) is 2. The van der Waals surface area contributed by atoms with E-state index in [1.807, 2.05) is 12.1 Å². The number of para-hydroxylation sites is 1. The monoisotopic (exact) mass is 496 g/mol. The van der Waals surface area contributed by atoms with Gasteiger partial charge in [-0.25, -0.2) is 13.6 Å². The summed E-state index contributed by atoms with van der Waals surface area (Å²) in [6, 6.07) is 10.1. The molecule has 3 N–H and O–H groups in total. The van der Waals surface area contributed by atoms with Crippen molar-refractivity contribution in [1.29, 1.82) is 0 Å². The Morgan fingerprint density at radius 3 is 2.31 bits per heavy atom. The van der Waals surface area contributed by atoms with Crippen molar-refractivity contribution in [3.63, 3.8) is 0 Å². The predicted octanol–water partition coefficient (Wildman–Crippen LogP) is 5.02. The number of likely N-dealkylation sites (tertiary alicyclic amines) is 2. The molecule has 0 aliphatic carbocycles. The second-order valence-electron chi connectivity index (χ2n) is 9.80. The number of urea groups is 1. The lowest BCUT2D eigenvalue weighted by Gasteiger charge is -2.41. The van der Waals surface area contributed by atoms with Crippen molar-refractivity contribution in [2.75, 3.05) is 31.5 Å². The molecule has 2 saturated heterocycles. The van der Waals surface area contributed by atoms with Gasteiger partial charge in [-0.15, -0.1) is 0 Å². The maximum atomic E-state index is 13.4. The molecule has 0 saturated carbocycles. The van der Waals surface area contributed by atoms with E-state index in [9.17, 15) is 23.5 Å². The van der Waals surface area contributed by atoms with Crippen LogP contribution in [0.15, 0.2) is 48.7 Å². The van der Waals surface area contributed by atoms with Crippen molar-refractivity contribution < 1.29 is 23.5 Å². The van der Waals surface area contributed by atoms with Crippen LogP contribution in [0.3, 0.4) is 0 Å². The summed E-state index contributed by atoms with van der Waals surface area (Å²) in [5, 5.41) is 13.8. The molecule has 1 unspecified atom stereocenters. The molecule has 3 heterocycles. The molecular weight excluding hydrogens is 466 g/mol. The van der Waals surface area contributed by atoms with Crippen LogP contribution >= 0.6 is 0 Å². The van der Waals surface area contributed by atoms with Crippen molar-refractivity contribution in [1.82, 2.24) is 14.8 Å². The van der Waals surface area contributed by atoms with Crippen LogP contribution < -0.4 is 5.32 Å². The molecule has 0 radical (unpaired) electrons. The Bertz CT molecular complexity index is 1230. The number of hydrogen-bond donors (Lipinski definition) is 3. The number of carbonyl (C=O) groups is 2. The molecule has 2 aromatic carbocycles. The number of hydrogen-bond acceptors (Lipinski definition) is 3. The number of aliphatic carboxylic acids is 1. The van der Waals surface area contributed by atoms with E-state index in [0.717, 1.165) is 36.6 Å². The van der Waals surface area contributed by atoms with E-state index < -0.39 is 29.7 Å². The molecule has 1 aromatic heterocycles. The number of aromatic nitrogens is 1. The third kappa shape index (κ3) is 5.06. The average molecular weight is 497 g/mol. The molecule has 2 aliphatic rings. The molecular formula is C27H30F2N4O3. The van der Waals surface area contributed by atoms with E-state index in [1.54, 1.807) is 4.90 Å². The minimum atomic E-state index is -0.821. The summed E-state index contributed by atoms with van der Waals surface area (Å²) in [5.74, 6) is -2.02. The quantitative estimate of drug-likeness (QED) is 0.463. The van der Waals surface area contributed by atoms with Crippen molar-refractivity contribution in [3.05, 3.63) is 65.9 Å². The standard InChI is InChI=1S/C27H30F2N4O3/c28-19-13-20(29)15-21(14-19)31-27(36)33-11-7-18(8-12-33)25(26(34)35)32-9-5-17(6-10-32)23-16-30-24-4-2-1-3-22(23)24/h1-4,13-18,25,30H,5-12H2,(H,31,36)(H,34,35). The average Bonchev–Trinajstić information content (AvgIpc) is 3.28. The number of fused-ring (bicyclic) bond motifs is 1. The van der Waals surface area contributed by atoms with Crippen molar-refractivity contribution in [2.24, 2.45) is 5.92 Å². The summed E-state index contributed by atoms with van der Waals surface area (Å²) < 4.78 is 26.8. The molecule has 2 aliphatic heterocycles. The third-order valence-corrected chi connectivity index (χ3v) is 7.62. The summed E-state index contributed by atoms with van der Waals surface area (Å²) in [6.07, 6.45) is 5.00. The fourth-order valence-corrected chi connectivity index (χ4v) is 5.82. The number of H-pyrrole nitrogens is 1. The Morgan fingerprint density at radius 2 is 1.64 bits per heavy atom. The van der Waals surface area contributed by atoms with Gasteiger partial charge in [0.15, 0.2) is 0 Å². The zero-order chi connectivity index (χ0) is 25.2. The van der Waals surface area contributed by atoms with Crippen LogP contribution in [-0.4, -0.2) is 64.1 Å². The van der Waals surface area contributed by atoms with Crippen LogP contribution in [0.25, 0.3) is 10.9 Å². The van der Waals surface area contributed by atoms with E-state index in [-0.39, 0.29) is 11.6 Å². The molecule has 5 rings (SSSR count). The highest BCUT2D eigenvalue weighted by Crippen LogP contribution is 2.35. The maximum Gasteiger partial charge on any atom is 0.321 e. The van der Waals surface area contributed by atoms with Crippen molar-refractivity contribution in [2.45, 2.75) is 37.6 Å². The fraction of sp³-hybridized carbons (Fsp3) is 0.407. The molecule has 0 spiro atoms. The number of benzene rings is 2. The van der Waals surface area contributed by atoms with E-state index >= 15 is 0 Å².